The van der Waals surface area contributed by atoms with Gasteiger partial charge in [0, 0.05) is 12.6 Å². The summed E-state index contributed by atoms with van der Waals surface area (Å²) in [6, 6.07) is 0.195. The average molecular weight is 244 g/mol. The van der Waals surface area contributed by atoms with Gasteiger partial charge in [-0.15, -0.1) is 0 Å². The van der Waals surface area contributed by atoms with E-state index in [1.807, 2.05) is 0 Å². The number of carboxylic acids is 1. The Morgan fingerprint density at radius 1 is 1.41 bits per heavy atom. The predicted molar refractivity (Wildman–Crippen MR) is 71.0 cm³/mol. The van der Waals surface area contributed by atoms with E-state index in [2.05, 4.69) is 32.6 Å². The SMILES string of the molecule is CCC(C)CN(CC)C(C)CC(C)(N)C(=O)O. The molecule has 0 aliphatic heterocycles. The molecule has 0 rings (SSSR count). The summed E-state index contributed by atoms with van der Waals surface area (Å²) in [5.74, 6) is -0.296. The Hall–Kier alpha value is -0.610. The van der Waals surface area contributed by atoms with E-state index in [1.165, 1.54) is 0 Å². The monoisotopic (exact) mass is 244 g/mol. The largest absolute Gasteiger partial charge is 0.480 e. The van der Waals surface area contributed by atoms with Gasteiger partial charge in [-0.2, -0.15) is 0 Å². The molecular weight excluding hydrogens is 216 g/mol. The molecule has 0 saturated heterocycles. The van der Waals surface area contributed by atoms with Gasteiger partial charge in [0.15, 0.2) is 0 Å². The molecule has 0 radical (unpaired) electrons. The summed E-state index contributed by atoms with van der Waals surface area (Å²) in [5, 5.41) is 9.03. The number of aliphatic carboxylic acids is 1. The first kappa shape index (κ1) is 16.4. The van der Waals surface area contributed by atoms with Gasteiger partial charge >= 0.3 is 5.97 Å². The molecule has 3 atom stereocenters. The van der Waals surface area contributed by atoms with Crippen LogP contribution in [0.25, 0.3) is 0 Å². The minimum Gasteiger partial charge on any atom is -0.480 e. The second-order valence-corrected chi connectivity index (χ2v) is 5.38. The highest BCUT2D eigenvalue weighted by atomic mass is 16.4. The van der Waals surface area contributed by atoms with Gasteiger partial charge in [0.2, 0.25) is 0 Å². The summed E-state index contributed by atoms with van der Waals surface area (Å²) in [6.07, 6.45) is 1.62. The lowest BCUT2D eigenvalue weighted by Gasteiger charge is -2.33. The van der Waals surface area contributed by atoms with Crippen molar-refractivity contribution in [3.8, 4) is 0 Å². The van der Waals surface area contributed by atoms with Crippen molar-refractivity contribution in [3.63, 3.8) is 0 Å². The van der Waals surface area contributed by atoms with E-state index < -0.39 is 11.5 Å². The summed E-state index contributed by atoms with van der Waals surface area (Å²) in [5.41, 5.74) is 4.65. The fourth-order valence-electron chi connectivity index (χ4n) is 1.98. The molecule has 4 heteroatoms. The molecule has 17 heavy (non-hydrogen) atoms. The molecule has 0 saturated carbocycles. The Labute approximate surface area is 105 Å². The van der Waals surface area contributed by atoms with E-state index in [-0.39, 0.29) is 6.04 Å². The average Bonchev–Trinajstić information content (AvgIpc) is 2.24. The van der Waals surface area contributed by atoms with Crippen LogP contribution < -0.4 is 5.73 Å². The van der Waals surface area contributed by atoms with Gasteiger partial charge in [-0.3, -0.25) is 4.79 Å². The topological polar surface area (TPSA) is 66.6 Å². The highest BCUT2D eigenvalue weighted by Gasteiger charge is 2.31. The zero-order valence-electron chi connectivity index (χ0n) is 11.9. The van der Waals surface area contributed by atoms with Gasteiger partial charge < -0.3 is 15.7 Å². The molecule has 0 aromatic carbocycles. The first-order valence-electron chi connectivity index (χ1n) is 6.50. The number of carboxylic acid groups (broad SMARTS) is 1. The molecule has 102 valence electrons. The quantitative estimate of drug-likeness (QED) is 0.684. The Morgan fingerprint density at radius 2 is 1.94 bits per heavy atom. The molecule has 4 nitrogen and oxygen atoms in total. The fourth-order valence-corrected chi connectivity index (χ4v) is 1.98. The number of carbonyl (C=O) groups is 1. The van der Waals surface area contributed by atoms with Crippen LogP contribution in [0.3, 0.4) is 0 Å². The Bertz CT molecular complexity index is 242. The van der Waals surface area contributed by atoms with E-state index in [0.717, 1.165) is 19.5 Å². The van der Waals surface area contributed by atoms with E-state index in [1.54, 1.807) is 6.92 Å². The molecule has 0 aliphatic rings. The molecule has 0 bridgehead atoms. The van der Waals surface area contributed by atoms with Crippen LogP contribution >= 0.6 is 0 Å². The predicted octanol–water partition coefficient (Wildman–Crippen LogP) is 1.93. The molecule has 0 spiro atoms. The normalized spacial score (nSPS) is 18.8. The van der Waals surface area contributed by atoms with Crippen LogP contribution in [0.15, 0.2) is 0 Å². The lowest BCUT2D eigenvalue weighted by atomic mass is 9.93. The van der Waals surface area contributed by atoms with Crippen molar-refractivity contribution in [1.82, 2.24) is 4.90 Å². The molecule has 0 aromatic rings. The van der Waals surface area contributed by atoms with Crippen molar-refractivity contribution < 1.29 is 9.90 Å². The number of nitrogens with zero attached hydrogens (tertiary/aromatic N) is 1. The third-order valence-electron chi connectivity index (χ3n) is 3.48. The summed E-state index contributed by atoms with van der Waals surface area (Å²) < 4.78 is 0. The summed E-state index contributed by atoms with van der Waals surface area (Å²) in [6.45, 7) is 12.1. The molecule has 0 fully saturated rings. The Kier molecular flexibility index (Phi) is 6.72. The molecule has 3 N–H and O–H groups in total. The maximum absolute atomic E-state index is 11.0. The molecular formula is C13H28N2O2. The molecule has 0 amide bonds. The molecule has 3 unspecified atom stereocenters. The summed E-state index contributed by atoms with van der Waals surface area (Å²) in [7, 11) is 0. The van der Waals surface area contributed by atoms with Gasteiger partial charge in [-0.05, 0) is 32.7 Å². The molecule has 0 aliphatic carbocycles. The van der Waals surface area contributed by atoms with Crippen LogP contribution in [0.4, 0.5) is 0 Å². The van der Waals surface area contributed by atoms with E-state index in [0.29, 0.717) is 12.3 Å². The first-order chi connectivity index (χ1) is 7.74. The third-order valence-corrected chi connectivity index (χ3v) is 3.48. The van der Waals surface area contributed by atoms with E-state index in [4.69, 9.17) is 10.8 Å². The van der Waals surface area contributed by atoms with Crippen LogP contribution in [0.5, 0.6) is 0 Å². The minimum atomic E-state index is -1.14. The van der Waals surface area contributed by atoms with Crippen LogP contribution in [-0.2, 0) is 4.79 Å². The van der Waals surface area contributed by atoms with Gasteiger partial charge in [0.25, 0.3) is 0 Å². The standard InChI is InChI=1S/C13H28N2O2/c1-6-10(3)9-15(7-2)11(4)8-13(5,14)12(16)17/h10-11H,6-9,14H2,1-5H3,(H,16,17). The fraction of sp³-hybridized carbons (Fsp3) is 0.923. The third kappa shape index (κ3) is 5.50. The van der Waals surface area contributed by atoms with Gasteiger partial charge in [0.05, 0.1) is 0 Å². The van der Waals surface area contributed by atoms with Crippen molar-refractivity contribution in [2.45, 2.75) is 59.0 Å². The lowest BCUT2D eigenvalue weighted by molar-refractivity contribution is -0.143. The zero-order chi connectivity index (χ0) is 13.6. The van der Waals surface area contributed by atoms with Gasteiger partial charge in [-0.1, -0.05) is 27.2 Å². The maximum atomic E-state index is 11.0. The van der Waals surface area contributed by atoms with Crippen molar-refractivity contribution in [2.75, 3.05) is 13.1 Å². The van der Waals surface area contributed by atoms with E-state index in [9.17, 15) is 4.79 Å². The summed E-state index contributed by atoms with van der Waals surface area (Å²) >= 11 is 0. The highest BCUT2D eigenvalue weighted by molar-refractivity contribution is 5.77. The number of nitrogens with two attached hydrogens (primary N) is 1. The van der Waals surface area contributed by atoms with Crippen LogP contribution in [0.1, 0.15) is 47.5 Å². The van der Waals surface area contributed by atoms with E-state index >= 15 is 0 Å². The lowest BCUT2D eigenvalue weighted by Crippen LogP contribution is -2.50. The number of hydrogen-bond donors (Lipinski definition) is 2. The number of rotatable bonds is 8. The van der Waals surface area contributed by atoms with Crippen LogP contribution in [-0.4, -0.2) is 40.6 Å². The van der Waals surface area contributed by atoms with Crippen molar-refractivity contribution in [1.29, 1.82) is 0 Å². The molecule has 0 aromatic heterocycles. The van der Waals surface area contributed by atoms with Crippen LogP contribution in [0, 0.1) is 5.92 Å². The second-order valence-electron chi connectivity index (χ2n) is 5.38. The first-order valence-corrected chi connectivity index (χ1v) is 6.50. The molecule has 0 heterocycles. The minimum absolute atomic E-state index is 0.195. The van der Waals surface area contributed by atoms with Gasteiger partial charge in [0.1, 0.15) is 5.54 Å². The number of hydrogen-bond acceptors (Lipinski definition) is 3. The van der Waals surface area contributed by atoms with Crippen molar-refractivity contribution in [2.24, 2.45) is 11.7 Å². The maximum Gasteiger partial charge on any atom is 0.323 e. The smallest absolute Gasteiger partial charge is 0.323 e. The highest BCUT2D eigenvalue weighted by Crippen LogP contribution is 2.16. The second kappa shape index (κ2) is 6.97. The van der Waals surface area contributed by atoms with Crippen molar-refractivity contribution in [3.05, 3.63) is 0 Å². The zero-order valence-corrected chi connectivity index (χ0v) is 11.9. The van der Waals surface area contributed by atoms with Crippen LogP contribution in [0.2, 0.25) is 0 Å². The Balaban J connectivity index is 4.44. The van der Waals surface area contributed by atoms with Crippen molar-refractivity contribution >= 4 is 5.97 Å². The summed E-state index contributed by atoms with van der Waals surface area (Å²) in [4.78, 5) is 13.3. The Morgan fingerprint density at radius 3 is 2.29 bits per heavy atom. The van der Waals surface area contributed by atoms with Gasteiger partial charge in [-0.25, -0.2) is 0 Å².